The molecule has 2 heterocycles. The van der Waals surface area contributed by atoms with Crippen molar-refractivity contribution >= 4 is 5.91 Å². The first-order valence-electron chi connectivity index (χ1n) is 9.10. The van der Waals surface area contributed by atoms with Gasteiger partial charge < -0.3 is 19.4 Å². The van der Waals surface area contributed by atoms with Crippen molar-refractivity contribution in [3.63, 3.8) is 0 Å². The lowest BCUT2D eigenvalue weighted by molar-refractivity contribution is -0.130. The summed E-state index contributed by atoms with van der Waals surface area (Å²) in [6.45, 7) is 3.09. The predicted octanol–water partition coefficient (Wildman–Crippen LogP) is 2.35. The minimum atomic E-state index is -0.0103. The number of imidazole rings is 1. The third-order valence-corrected chi connectivity index (χ3v) is 5.17. The molecule has 2 aliphatic rings. The Morgan fingerprint density at radius 3 is 3.04 bits per heavy atom. The number of hydrogen-bond donors (Lipinski definition) is 1. The maximum atomic E-state index is 12.2. The topological polar surface area (TPSA) is 65.4 Å². The third kappa shape index (κ3) is 4.57. The van der Waals surface area contributed by atoms with Gasteiger partial charge in [-0.2, -0.15) is 0 Å². The van der Waals surface area contributed by atoms with Crippen molar-refractivity contribution in [2.75, 3.05) is 13.2 Å². The van der Waals surface area contributed by atoms with E-state index in [1.54, 1.807) is 6.33 Å². The van der Waals surface area contributed by atoms with Gasteiger partial charge in [-0.15, -0.1) is 0 Å². The van der Waals surface area contributed by atoms with Gasteiger partial charge in [-0.25, -0.2) is 4.98 Å². The summed E-state index contributed by atoms with van der Waals surface area (Å²) < 4.78 is 13.6. The third-order valence-electron chi connectivity index (χ3n) is 5.17. The Kier molecular flexibility index (Phi) is 5.89. The molecule has 0 aromatic carbocycles. The summed E-state index contributed by atoms with van der Waals surface area (Å²) in [4.78, 5) is 16.3. The molecular formula is C18H29N3O3. The lowest BCUT2D eigenvalue weighted by Gasteiger charge is -2.31. The first-order valence-corrected chi connectivity index (χ1v) is 9.10. The summed E-state index contributed by atoms with van der Waals surface area (Å²) in [5.41, 5.74) is 1.06. The molecule has 0 unspecified atom stereocenters. The van der Waals surface area contributed by atoms with Gasteiger partial charge in [0.1, 0.15) is 12.7 Å². The number of rotatable bonds is 5. The van der Waals surface area contributed by atoms with E-state index >= 15 is 0 Å². The van der Waals surface area contributed by atoms with E-state index in [0.717, 1.165) is 31.4 Å². The molecule has 1 aromatic rings. The zero-order valence-electron chi connectivity index (χ0n) is 14.7. The number of aromatic nitrogens is 2. The summed E-state index contributed by atoms with van der Waals surface area (Å²) >= 11 is 0. The predicted molar refractivity (Wildman–Crippen MR) is 90.4 cm³/mol. The zero-order valence-corrected chi connectivity index (χ0v) is 14.7. The van der Waals surface area contributed by atoms with Crippen molar-refractivity contribution in [2.45, 2.75) is 63.7 Å². The number of ether oxygens (including phenoxy) is 2. The van der Waals surface area contributed by atoms with Crippen LogP contribution in [0.1, 0.15) is 57.2 Å². The van der Waals surface area contributed by atoms with Gasteiger partial charge in [0.25, 0.3) is 0 Å². The van der Waals surface area contributed by atoms with Gasteiger partial charge in [-0.05, 0) is 31.6 Å². The molecule has 0 bridgehead atoms. The van der Waals surface area contributed by atoms with Crippen molar-refractivity contribution in [1.82, 2.24) is 14.9 Å². The molecule has 1 saturated heterocycles. The quantitative estimate of drug-likeness (QED) is 0.897. The molecule has 134 valence electrons. The molecule has 6 nitrogen and oxygen atoms in total. The van der Waals surface area contributed by atoms with Crippen LogP contribution in [0, 0.1) is 5.92 Å². The number of carbonyl (C=O) groups excluding carboxylic acids is 1. The first-order chi connectivity index (χ1) is 11.6. The number of hydrogen-bond acceptors (Lipinski definition) is 4. The van der Waals surface area contributed by atoms with Gasteiger partial charge >= 0.3 is 0 Å². The monoisotopic (exact) mass is 335 g/mol. The van der Waals surface area contributed by atoms with Gasteiger partial charge in [0, 0.05) is 19.7 Å². The number of nitrogens with one attached hydrogen (secondary N) is 1. The van der Waals surface area contributed by atoms with Crippen LogP contribution in [-0.4, -0.2) is 40.8 Å². The molecule has 4 atom stereocenters. The number of nitrogens with zero attached hydrogens (tertiary/aromatic N) is 2. The van der Waals surface area contributed by atoms with Crippen molar-refractivity contribution in [1.29, 1.82) is 0 Å². The average molecular weight is 335 g/mol. The Balaban J connectivity index is 1.43. The van der Waals surface area contributed by atoms with Crippen LogP contribution in [0.15, 0.2) is 12.5 Å². The van der Waals surface area contributed by atoms with Gasteiger partial charge in [-0.1, -0.05) is 19.8 Å². The van der Waals surface area contributed by atoms with Crippen LogP contribution in [-0.2, 0) is 21.3 Å². The fourth-order valence-electron chi connectivity index (χ4n) is 3.80. The molecule has 1 aromatic heterocycles. The van der Waals surface area contributed by atoms with Gasteiger partial charge in [0.15, 0.2) is 0 Å². The van der Waals surface area contributed by atoms with Crippen molar-refractivity contribution < 1.29 is 14.3 Å². The SMILES string of the molecule is C[C@@H]1CCC[C@H](OCC(=O)N[C@H]2CCO[C@@H](c3cncn3C)C2)C1. The van der Waals surface area contributed by atoms with Gasteiger partial charge in [0.05, 0.1) is 24.3 Å². The van der Waals surface area contributed by atoms with Crippen LogP contribution in [0.4, 0.5) is 0 Å². The van der Waals surface area contributed by atoms with Gasteiger partial charge in [0.2, 0.25) is 5.91 Å². The molecule has 1 N–H and O–H groups in total. The van der Waals surface area contributed by atoms with Crippen molar-refractivity contribution in [2.24, 2.45) is 13.0 Å². The van der Waals surface area contributed by atoms with E-state index in [1.807, 2.05) is 17.8 Å². The standard InChI is InChI=1S/C18H29N3O3/c1-13-4-3-5-15(8-13)24-11-18(22)20-14-6-7-23-17(9-14)16-10-19-12-21(16)2/h10,12-15,17H,3-9,11H2,1-2H3,(H,20,22)/t13-,14+,15+,17-/m1/s1. The van der Waals surface area contributed by atoms with E-state index in [0.29, 0.717) is 12.5 Å². The van der Waals surface area contributed by atoms with Crippen LogP contribution >= 0.6 is 0 Å². The lowest BCUT2D eigenvalue weighted by Crippen LogP contribution is -2.42. The number of aryl methyl sites for hydroxylation is 1. The second-order valence-corrected chi connectivity index (χ2v) is 7.28. The highest BCUT2D eigenvalue weighted by Crippen LogP contribution is 2.28. The van der Waals surface area contributed by atoms with E-state index in [4.69, 9.17) is 9.47 Å². The normalized spacial score (nSPS) is 30.9. The Labute approximate surface area is 143 Å². The summed E-state index contributed by atoms with van der Waals surface area (Å²) in [5.74, 6) is 0.700. The Bertz CT molecular complexity index is 545. The first kappa shape index (κ1) is 17.4. The number of amides is 1. The molecule has 1 aliphatic carbocycles. The highest BCUT2D eigenvalue weighted by atomic mass is 16.5. The van der Waals surface area contributed by atoms with Crippen molar-refractivity contribution in [3.8, 4) is 0 Å². The van der Waals surface area contributed by atoms with E-state index < -0.39 is 0 Å². The van der Waals surface area contributed by atoms with E-state index in [9.17, 15) is 4.79 Å². The van der Waals surface area contributed by atoms with Crippen LogP contribution in [0.3, 0.4) is 0 Å². The van der Waals surface area contributed by atoms with E-state index in [2.05, 4.69) is 17.2 Å². The Morgan fingerprint density at radius 1 is 1.42 bits per heavy atom. The molecule has 0 spiro atoms. The Hall–Kier alpha value is -1.40. The van der Waals surface area contributed by atoms with Gasteiger partial charge in [-0.3, -0.25) is 4.79 Å². The summed E-state index contributed by atoms with van der Waals surface area (Å²) in [6.07, 6.45) is 10.1. The highest BCUT2D eigenvalue weighted by Gasteiger charge is 2.27. The highest BCUT2D eigenvalue weighted by molar-refractivity contribution is 5.77. The Morgan fingerprint density at radius 2 is 2.29 bits per heavy atom. The lowest BCUT2D eigenvalue weighted by atomic mass is 9.89. The molecule has 0 radical (unpaired) electrons. The van der Waals surface area contributed by atoms with Crippen LogP contribution in [0.5, 0.6) is 0 Å². The van der Waals surface area contributed by atoms with Crippen LogP contribution in [0.2, 0.25) is 0 Å². The maximum Gasteiger partial charge on any atom is 0.246 e. The molecule has 24 heavy (non-hydrogen) atoms. The fourth-order valence-corrected chi connectivity index (χ4v) is 3.80. The number of carbonyl (C=O) groups is 1. The summed E-state index contributed by atoms with van der Waals surface area (Å²) in [5, 5.41) is 3.11. The largest absolute Gasteiger partial charge is 0.372 e. The summed E-state index contributed by atoms with van der Waals surface area (Å²) in [6, 6.07) is 0.139. The van der Waals surface area contributed by atoms with Crippen molar-refractivity contribution in [3.05, 3.63) is 18.2 Å². The molecule has 3 rings (SSSR count). The van der Waals surface area contributed by atoms with Crippen LogP contribution < -0.4 is 5.32 Å². The van der Waals surface area contributed by atoms with E-state index in [1.165, 1.54) is 12.8 Å². The minimum absolute atomic E-state index is 0.00309. The molecule has 6 heteroatoms. The molecule has 1 amide bonds. The summed E-state index contributed by atoms with van der Waals surface area (Å²) in [7, 11) is 1.97. The average Bonchev–Trinajstić information content (AvgIpc) is 2.99. The molecular weight excluding hydrogens is 306 g/mol. The zero-order chi connectivity index (χ0) is 16.9. The smallest absolute Gasteiger partial charge is 0.246 e. The second kappa shape index (κ2) is 8.12. The molecule has 1 saturated carbocycles. The van der Waals surface area contributed by atoms with Crippen LogP contribution in [0.25, 0.3) is 0 Å². The van der Waals surface area contributed by atoms with E-state index in [-0.39, 0.29) is 30.8 Å². The molecule has 1 aliphatic heterocycles. The maximum absolute atomic E-state index is 12.2. The minimum Gasteiger partial charge on any atom is -0.372 e. The second-order valence-electron chi connectivity index (χ2n) is 7.28. The fraction of sp³-hybridized carbons (Fsp3) is 0.778. The molecule has 2 fully saturated rings.